The Morgan fingerprint density at radius 1 is 1.07 bits per heavy atom. The zero-order valence-corrected chi connectivity index (χ0v) is 16.0. The van der Waals surface area contributed by atoms with Crippen LogP contribution in [0.15, 0.2) is 60.7 Å². The first-order valence-electron chi connectivity index (χ1n) is 9.25. The van der Waals surface area contributed by atoms with Gasteiger partial charge in [0.2, 0.25) is 0 Å². The molecule has 0 spiro atoms. The molecule has 0 amide bonds. The van der Waals surface area contributed by atoms with Crippen molar-refractivity contribution in [2.45, 2.75) is 19.4 Å². The van der Waals surface area contributed by atoms with Crippen LogP contribution in [0, 0.1) is 0 Å². The van der Waals surface area contributed by atoms with Crippen LogP contribution in [0.4, 0.5) is 0 Å². The number of nitrogens with one attached hydrogen (secondary N) is 1. The molecule has 0 saturated carbocycles. The topological polar surface area (TPSA) is 88.0 Å². The maximum atomic E-state index is 10.5. The van der Waals surface area contributed by atoms with Gasteiger partial charge in [-0.3, -0.25) is 0 Å². The van der Waals surface area contributed by atoms with E-state index in [9.17, 15) is 9.90 Å². The smallest absolute Gasteiger partial charge is 0.341 e. The number of hydrogen-bond donors (Lipinski definition) is 3. The molecule has 2 rings (SSSR count). The SMILES string of the molecule is C/C=C(/CCNC[C@H](O)COc1ccccc1)c1ccc(OCC(=O)O)cc1. The Labute approximate surface area is 165 Å². The van der Waals surface area contributed by atoms with Gasteiger partial charge in [-0.25, -0.2) is 4.79 Å². The molecule has 0 aliphatic carbocycles. The predicted molar refractivity (Wildman–Crippen MR) is 109 cm³/mol. The van der Waals surface area contributed by atoms with Gasteiger partial charge in [-0.1, -0.05) is 36.4 Å². The average molecular weight is 385 g/mol. The number of para-hydroxylation sites is 1. The highest BCUT2D eigenvalue weighted by atomic mass is 16.5. The second-order valence-electron chi connectivity index (χ2n) is 6.25. The first kappa shape index (κ1) is 21.5. The number of rotatable bonds is 12. The molecule has 0 heterocycles. The van der Waals surface area contributed by atoms with Gasteiger partial charge >= 0.3 is 5.97 Å². The minimum Gasteiger partial charge on any atom is -0.491 e. The normalized spacial score (nSPS) is 12.4. The summed E-state index contributed by atoms with van der Waals surface area (Å²) in [6.45, 7) is 3.04. The standard InChI is InChI=1S/C22H27NO5/c1-2-17(18-8-10-21(11-9-18)28-16-22(25)26)12-13-23-14-19(24)15-27-20-6-4-3-5-7-20/h2-11,19,23-24H,12-16H2,1H3,(H,25,26)/b17-2-/t19-/m0/s1. The van der Waals surface area contributed by atoms with Crippen molar-refractivity contribution in [3.05, 3.63) is 66.2 Å². The average Bonchev–Trinajstić information content (AvgIpc) is 2.72. The lowest BCUT2D eigenvalue weighted by atomic mass is 10.0. The number of aliphatic hydroxyl groups excluding tert-OH is 1. The van der Waals surface area contributed by atoms with Gasteiger partial charge in [0.15, 0.2) is 6.61 Å². The minimum absolute atomic E-state index is 0.241. The summed E-state index contributed by atoms with van der Waals surface area (Å²) < 4.78 is 10.7. The Kier molecular flexibility index (Phi) is 9.04. The highest BCUT2D eigenvalue weighted by molar-refractivity contribution is 5.69. The monoisotopic (exact) mass is 385 g/mol. The molecule has 0 radical (unpaired) electrons. The lowest BCUT2D eigenvalue weighted by molar-refractivity contribution is -0.139. The number of carboxylic acid groups (broad SMARTS) is 1. The number of benzene rings is 2. The summed E-state index contributed by atoms with van der Waals surface area (Å²) >= 11 is 0. The highest BCUT2D eigenvalue weighted by Gasteiger charge is 2.06. The van der Waals surface area contributed by atoms with Gasteiger partial charge < -0.3 is 25.0 Å². The Morgan fingerprint density at radius 2 is 1.75 bits per heavy atom. The third-order valence-corrected chi connectivity index (χ3v) is 4.07. The number of ether oxygens (including phenoxy) is 2. The zero-order chi connectivity index (χ0) is 20.2. The first-order valence-corrected chi connectivity index (χ1v) is 9.25. The van der Waals surface area contributed by atoms with Gasteiger partial charge in [0.05, 0.1) is 0 Å². The summed E-state index contributed by atoms with van der Waals surface area (Å²) in [5, 5.41) is 21.9. The van der Waals surface area contributed by atoms with Crippen LogP contribution in [0.1, 0.15) is 18.9 Å². The number of carbonyl (C=O) groups is 1. The van der Waals surface area contributed by atoms with Crippen molar-refractivity contribution in [2.24, 2.45) is 0 Å². The van der Waals surface area contributed by atoms with Crippen LogP contribution in [0.25, 0.3) is 5.57 Å². The molecule has 0 aromatic heterocycles. The Hall–Kier alpha value is -2.83. The van der Waals surface area contributed by atoms with Gasteiger partial charge in [0, 0.05) is 6.54 Å². The van der Waals surface area contributed by atoms with Gasteiger partial charge in [-0.05, 0) is 55.3 Å². The van der Waals surface area contributed by atoms with Crippen LogP contribution in [0.5, 0.6) is 11.5 Å². The van der Waals surface area contributed by atoms with E-state index in [-0.39, 0.29) is 13.2 Å². The number of hydrogen-bond acceptors (Lipinski definition) is 5. The Morgan fingerprint density at radius 3 is 2.39 bits per heavy atom. The molecule has 0 unspecified atom stereocenters. The van der Waals surface area contributed by atoms with Crippen molar-refractivity contribution in [1.29, 1.82) is 0 Å². The van der Waals surface area contributed by atoms with E-state index in [0.29, 0.717) is 12.3 Å². The number of aliphatic carboxylic acids is 1. The van der Waals surface area contributed by atoms with E-state index >= 15 is 0 Å². The van der Waals surface area contributed by atoms with E-state index in [1.54, 1.807) is 12.1 Å². The molecule has 0 aliphatic heterocycles. The van der Waals surface area contributed by atoms with Crippen LogP contribution in [0.2, 0.25) is 0 Å². The number of carboxylic acids is 1. The van der Waals surface area contributed by atoms with E-state index in [1.165, 1.54) is 0 Å². The minimum atomic E-state index is -0.999. The van der Waals surface area contributed by atoms with Gasteiger partial charge in [-0.15, -0.1) is 0 Å². The quantitative estimate of drug-likeness (QED) is 0.487. The molecule has 6 heteroatoms. The predicted octanol–water partition coefficient (Wildman–Crippen LogP) is 2.97. The molecule has 150 valence electrons. The van der Waals surface area contributed by atoms with Crippen LogP contribution < -0.4 is 14.8 Å². The molecule has 2 aromatic rings. The number of aliphatic hydroxyl groups is 1. The molecule has 1 atom stereocenters. The van der Waals surface area contributed by atoms with E-state index in [0.717, 1.165) is 29.9 Å². The van der Waals surface area contributed by atoms with E-state index in [4.69, 9.17) is 14.6 Å². The van der Waals surface area contributed by atoms with Crippen LogP contribution in [-0.4, -0.2) is 48.6 Å². The van der Waals surface area contributed by atoms with Crippen molar-refractivity contribution in [3.63, 3.8) is 0 Å². The third kappa shape index (κ3) is 7.82. The molecular formula is C22H27NO5. The third-order valence-electron chi connectivity index (χ3n) is 4.07. The summed E-state index contributed by atoms with van der Waals surface area (Å²) in [7, 11) is 0. The largest absolute Gasteiger partial charge is 0.491 e. The molecule has 2 aromatic carbocycles. The van der Waals surface area contributed by atoms with Crippen molar-refractivity contribution in [3.8, 4) is 11.5 Å². The van der Waals surface area contributed by atoms with Crippen molar-refractivity contribution in [2.75, 3.05) is 26.3 Å². The second kappa shape index (κ2) is 11.8. The molecule has 0 aliphatic rings. The molecule has 28 heavy (non-hydrogen) atoms. The van der Waals surface area contributed by atoms with E-state index < -0.39 is 12.1 Å². The maximum Gasteiger partial charge on any atom is 0.341 e. The first-order chi connectivity index (χ1) is 13.6. The summed E-state index contributed by atoms with van der Waals surface area (Å²) in [5.41, 5.74) is 2.22. The maximum absolute atomic E-state index is 10.5. The zero-order valence-electron chi connectivity index (χ0n) is 16.0. The van der Waals surface area contributed by atoms with Crippen molar-refractivity contribution in [1.82, 2.24) is 5.32 Å². The van der Waals surface area contributed by atoms with Crippen LogP contribution >= 0.6 is 0 Å². The van der Waals surface area contributed by atoms with Crippen molar-refractivity contribution >= 4 is 11.5 Å². The molecule has 0 fully saturated rings. The molecular weight excluding hydrogens is 358 g/mol. The fourth-order valence-electron chi connectivity index (χ4n) is 2.63. The summed E-state index contributed by atoms with van der Waals surface area (Å²) in [6.07, 6.45) is 2.27. The number of allylic oxidation sites excluding steroid dienone is 1. The van der Waals surface area contributed by atoms with Crippen molar-refractivity contribution < 1.29 is 24.5 Å². The molecule has 3 N–H and O–H groups in total. The fourth-order valence-corrected chi connectivity index (χ4v) is 2.63. The van der Waals surface area contributed by atoms with Gasteiger partial charge in [0.1, 0.15) is 24.2 Å². The Balaban J connectivity index is 1.69. The lowest BCUT2D eigenvalue weighted by Crippen LogP contribution is -2.32. The molecule has 0 bridgehead atoms. The lowest BCUT2D eigenvalue weighted by Gasteiger charge is -2.14. The van der Waals surface area contributed by atoms with Gasteiger partial charge in [-0.2, -0.15) is 0 Å². The fraction of sp³-hybridized carbons (Fsp3) is 0.318. The van der Waals surface area contributed by atoms with E-state index in [2.05, 4.69) is 5.32 Å². The van der Waals surface area contributed by atoms with Crippen LogP contribution in [0.3, 0.4) is 0 Å². The second-order valence-corrected chi connectivity index (χ2v) is 6.25. The summed E-state index contributed by atoms with van der Waals surface area (Å²) in [6, 6.07) is 16.8. The van der Waals surface area contributed by atoms with Crippen LogP contribution in [-0.2, 0) is 4.79 Å². The Bertz CT molecular complexity index is 743. The van der Waals surface area contributed by atoms with E-state index in [1.807, 2.05) is 55.5 Å². The van der Waals surface area contributed by atoms with Gasteiger partial charge in [0.25, 0.3) is 0 Å². The molecule has 0 saturated heterocycles. The summed E-state index contributed by atoms with van der Waals surface area (Å²) in [5.74, 6) is 0.274. The molecule has 6 nitrogen and oxygen atoms in total. The highest BCUT2D eigenvalue weighted by Crippen LogP contribution is 2.21. The summed E-state index contributed by atoms with van der Waals surface area (Å²) in [4.78, 5) is 10.5.